The van der Waals surface area contributed by atoms with E-state index in [2.05, 4.69) is 32.2 Å². The van der Waals surface area contributed by atoms with E-state index in [0.717, 1.165) is 35.7 Å². The van der Waals surface area contributed by atoms with Crippen molar-refractivity contribution in [2.45, 2.75) is 24.7 Å². The summed E-state index contributed by atoms with van der Waals surface area (Å²) < 4.78 is 33.6. The zero-order valence-electron chi connectivity index (χ0n) is 13.8. The van der Waals surface area contributed by atoms with E-state index in [0.29, 0.717) is 0 Å². The molecule has 3 aromatic rings. The third kappa shape index (κ3) is 3.78. The maximum atomic E-state index is 12.3. The molecular weight excluding hydrogens is 422 g/mol. The van der Waals surface area contributed by atoms with Crippen LogP contribution >= 0.6 is 11.8 Å². The molecule has 0 fully saturated rings. The number of para-hydroxylation sites is 1. The van der Waals surface area contributed by atoms with E-state index in [1.165, 1.54) is 5.16 Å². The predicted octanol–water partition coefficient (Wildman–Crippen LogP) is 1.53. The summed E-state index contributed by atoms with van der Waals surface area (Å²) >= 11 is 1.84. The molecule has 0 saturated heterocycles. The minimum atomic E-state index is -2.80. The molecule has 2 aromatic carbocycles. The highest BCUT2D eigenvalue weighted by Gasteiger charge is 2.28. The molecule has 0 spiro atoms. The lowest BCUT2D eigenvalue weighted by atomic mass is 10.1. The fraction of sp³-hybridized carbons (Fsp3) is 0.211. The van der Waals surface area contributed by atoms with Gasteiger partial charge in [-0.2, -0.15) is 13.3 Å². The molecule has 4 rings (SSSR count). The topological polar surface area (TPSA) is 18.0 Å². The number of nitrogens with zero attached hydrogens (tertiary/aromatic N) is 2. The lowest BCUT2D eigenvalue weighted by molar-refractivity contribution is -0.724. The maximum absolute atomic E-state index is 12.3. The first-order chi connectivity index (χ1) is 12.2. The molecule has 0 amide bonds. The van der Waals surface area contributed by atoms with Crippen LogP contribution < -0.4 is 26.3 Å². The highest BCUT2D eigenvalue weighted by molar-refractivity contribution is 7.99. The monoisotopic (exact) mass is 438 g/mol. The highest BCUT2D eigenvalue weighted by atomic mass is 79.9. The van der Waals surface area contributed by atoms with Crippen LogP contribution in [-0.4, -0.2) is 16.9 Å². The van der Waals surface area contributed by atoms with Crippen LogP contribution in [0.3, 0.4) is 0 Å². The Bertz CT molecular complexity index is 869. The summed E-state index contributed by atoms with van der Waals surface area (Å²) in [5, 5.41) is 1.19. The Hall–Kier alpha value is -1.86. The smallest absolute Gasteiger partial charge is 0.387 e. The molecule has 7 heteroatoms. The van der Waals surface area contributed by atoms with E-state index >= 15 is 0 Å². The molecule has 0 bridgehead atoms. The first-order valence-electron chi connectivity index (χ1n) is 8.11. The molecule has 0 unspecified atom stereocenters. The van der Waals surface area contributed by atoms with Crippen molar-refractivity contribution in [2.75, 3.05) is 5.75 Å². The van der Waals surface area contributed by atoms with Gasteiger partial charge in [0.15, 0.2) is 5.69 Å². The fourth-order valence-electron chi connectivity index (χ4n) is 3.04. The number of thioether (sulfide) groups is 1. The Morgan fingerprint density at radius 1 is 1.04 bits per heavy atom. The number of ether oxygens (including phenoxy) is 1. The molecule has 0 N–H and O–H groups in total. The van der Waals surface area contributed by atoms with Gasteiger partial charge in [-0.3, -0.25) is 0 Å². The minimum Gasteiger partial charge on any atom is -1.00 e. The number of benzene rings is 2. The van der Waals surface area contributed by atoms with Crippen molar-refractivity contribution >= 4 is 11.8 Å². The number of alkyl halides is 2. The van der Waals surface area contributed by atoms with Gasteiger partial charge in [0.25, 0.3) is 0 Å². The van der Waals surface area contributed by atoms with E-state index in [1.807, 2.05) is 42.1 Å². The molecule has 0 saturated carbocycles. The molecule has 136 valence electrons. The number of imidazole rings is 1. The summed E-state index contributed by atoms with van der Waals surface area (Å²) in [7, 11) is 0. The summed E-state index contributed by atoms with van der Waals surface area (Å²) in [5.74, 6) is 1.27. The van der Waals surface area contributed by atoms with Crippen LogP contribution in [0.4, 0.5) is 8.78 Å². The SMILES string of the molecule is FC(F)Oc1ccc(-c2cn(-c3ccccc3)c3[n+]2CCCS3)cc1.[Br-]. The maximum Gasteiger partial charge on any atom is 0.387 e. The second kappa shape index (κ2) is 8.22. The number of rotatable bonds is 4. The van der Waals surface area contributed by atoms with Gasteiger partial charge < -0.3 is 21.7 Å². The first kappa shape index (κ1) is 18.9. The Balaban J connectivity index is 0.00000196. The fourth-order valence-corrected chi connectivity index (χ4v) is 4.14. The van der Waals surface area contributed by atoms with Crippen LogP contribution in [0.15, 0.2) is 66.0 Å². The van der Waals surface area contributed by atoms with E-state index in [-0.39, 0.29) is 22.7 Å². The number of aromatic nitrogens is 2. The van der Waals surface area contributed by atoms with Gasteiger partial charge in [-0.05, 0) is 54.6 Å². The van der Waals surface area contributed by atoms with Gasteiger partial charge in [0, 0.05) is 11.3 Å². The predicted molar refractivity (Wildman–Crippen MR) is 93.4 cm³/mol. The van der Waals surface area contributed by atoms with Crippen LogP contribution in [0, 0.1) is 0 Å². The third-order valence-corrected chi connectivity index (χ3v) is 5.31. The zero-order chi connectivity index (χ0) is 17.2. The molecule has 0 radical (unpaired) electrons. The summed E-state index contributed by atoms with van der Waals surface area (Å²) in [4.78, 5) is 0. The highest BCUT2D eigenvalue weighted by Crippen LogP contribution is 2.29. The molecule has 2 heterocycles. The van der Waals surface area contributed by atoms with Gasteiger partial charge in [-0.1, -0.05) is 18.2 Å². The summed E-state index contributed by atoms with van der Waals surface area (Å²) in [6, 6.07) is 17.0. The van der Waals surface area contributed by atoms with Crippen molar-refractivity contribution < 1.29 is 35.1 Å². The normalized spacial score (nSPS) is 13.2. The Morgan fingerprint density at radius 2 is 1.77 bits per heavy atom. The van der Waals surface area contributed by atoms with E-state index in [9.17, 15) is 8.78 Å². The van der Waals surface area contributed by atoms with Crippen LogP contribution in [-0.2, 0) is 6.54 Å². The molecule has 0 atom stereocenters. The van der Waals surface area contributed by atoms with Crippen LogP contribution in [0.2, 0.25) is 0 Å². The van der Waals surface area contributed by atoms with Crippen molar-refractivity contribution in [2.24, 2.45) is 0 Å². The molecule has 26 heavy (non-hydrogen) atoms. The number of hydrogen-bond donors (Lipinski definition) is 0. The van der Waals surface area contributed by atoms with E-state index in [4.69, 9.17) is 0 Å². The minimum absolute atomic E-state index is 0. The summed E-state index contributed by atoms with van der Waals surface area (Å²) in [6.07, 6.45) is 3.23. The standard InChI is InChI=1S/C19H17F2N2OS.BrH/c20-18(21)24-16-9-7-14(8-10-16)17-13-23(15-5-2-1-3-6-15)19-22(17)11-4-12-25-19;/h1-3,5-10,13,18H,4,11-12H2;1H/q+1;/p-1. The second-order valence-electron chi connectivity index (χ2n) is 5.76. The molecular formula is C19H17BrF2N2OS. The second-order valence-corrected chi connectivity index (χ2v) is 6.82. The molecule has 1 aromatic heterocycles. The average molecular weight is 439 g/mol. The van der Waals surface area contributed by atoms with Crippen molar-refractivity contribution in [3.63, 3.8) is 0 Å². The third-order valence-electron chi connectivity index (χ3n) is 4.15. The molecule has 0 aliphatic carbocycles. The van der Waals surface area contributed by atoms with Crippen LogP contribution in [0.5, 0.6) is 5.75 Å². The summed E-state index contributed by atoms with van der Waals surface area (Å²) in [6.45, 7) is -1.85. The summed E-state index contributed by atoms with van der Waals surface area (Å²) in [5.41, 5.74) is 3.18. The Morgan fingerprint density at radius 3 is 2.46 bits per heavy atom. The molecule has 1 aliphatic rings. The van der Waals surface area contributed by atoms with Crippen LogP contribution in [0.25, 0.3) is 16.9 Å². The van der Waals surface area contributed by atoms with Gasteiger partial charge in [-0.25, -0.2) is 4.57 Å². The largest absolute Gasteiger partial charge is 1.00 e. The zero-order valence-corrected chi connectivity index (χ0v) is 16.2. The van der Waals surface area contributed by atoms with Gasteiger partial charge in [-0.15, -0.1) is 0 Å². The van der Waals surface area contributed by atoms with Crippen molar-refractivity contribution in [1.82, 2.24) is 4.57 Å². The van der Waals surface area contributed by atoms with E-state index < -0.39 is 6.61 Å². The van der Waals surface area contributed by atoms with Crippen LogP contribution in [0.1, 0.15) is 6.42 Å². The number of hydrogen-bond acceptors (Lipinski definition) is 2. The van der Waals surface area contributed by atoms with Gasteiger partial charge >= 0.3 is 11.8 Å². The average Bonchev–Trinajstić information content (AvgIpc) is 3.02. The van der Waals surface area contributed by atoms with Gasteiger partial charge in [0.1, 0.15) is 17.6 Å². The number of halogens is 3. The van der Waals surface area contributed by atoms with Crippen molar-refractivity contribution in [3.05, 3.63) is 60.8 Å². The lowest BCUT2D eigenvalue weighted by Crippen LogP contribution is -3.00. The van der Waals surface area contributed by atoms with Gasteiger partial charge in [0.05, 0.1) is 6.54 Å². The Labute approximate surface area is 165 Å². The number of fused-ring (bicyclic) bond motifs is 1. The van der Waals surface area contributed by atoms with E-state index in [1.54, 1.807) is 12.1 Å². The first-order valence-corrected chi connectivity index (χ1v) is 9.09. The van der Waals surface area contributed by atoms with Gasteiger partial charge in [0.2, 0.25) is 0 Å². The molecule has 1 aliphatic heterocycles. The van der Waals surface area contributed by atoms with Crippen molar-refractivity contribution in [3.8, 4) is 22.7 Å². The molecule has 3 nitrogen and oxygen atoms in total. The Kier molecular flexibility index (Phi) is 5.98. The lowest BCUT2D eigenvalue weighted by Gasteiger charge is -2.11. The van der Waals surface area contributed by atoms with Crippen molar-refractivity contribution in [1.29, 1.82) is 0 Å². The quantitative estimate of drug-likeness (QED) is 0.575.